The Bertz CT molecular complexity index is 1360. The summed E-state index contributed by atoms with van der Waals surface area (Å²) in [6.45, 7) is 4.17. The third-order valence-electron chi connectivity index (χ3n) is 5.84. The number of methoxy groups -OCH3 is 2. The summed E-state index contributed by atoms with van der Waals surface area (Å²) in [6, 6.07) is 12.5. The second kappa shape index (κ2) is 10.8. The number of ether oxygens (including phenoxy) is 3. The van der Waals surface area contributed by atoms with Crippen LogP contribution in [-0.2, 0) is 14.3 Å². The molecule has 192 valence electrons. The number of aryl methyl sites for hydroxylation is 1. The maximum Gasteiger partial charge on any atom is 0.350 e. The molecule has 0 saturated carbocycles. The van der Waals surface area contributed by atoms with Crippen LogP contribution in [-0.4, -0.2) is 48.6 Å². The molecule has 0 radical (unpaired) electrons. The van der Waals surface area contributed by atoms with Crippen molar-refractivity contribution in [3.8, 4) is 11.5 Å². The van der Waals surface area contributed by atoms with Crippen molar-refractivity contribution in [3.63, 3.8) is 0 Å². The summed E-state index contributed by atoms with van der Waals surface area (Å²) >= 11 is 0.942. The van der Waals surface area contributed by atoms with Crippen LogP contribution in [0.4, 0.5) is 5.13 Å². The SMILES string of the molecule is CCCOc1ccc(/C(O)=C2\C(=O)C(=O)N(c3nc(C)c(C(=O)OC)s3)[C@@H]2c2ccc(OC)cc2)cc1. The molecule has 0 spiro atoms. The summed E-state index contributed by atoms with van der Waals surface area (Å²) in [7, 11) is 2.78. The zero-order valence-electron chi connectivity index (χ0n) is 20.8. The van der Waals surface area contributed by atoms with Gasteiger partial charge in [0.15, 0.2) is 5.13 Å². The molecule has 1 atom stereocenters. The van der Waals surface area contributed by atoms with Crippen molar-refractivity contribution in [1.29, 1.82) is 0 Å². The normalized spacial score (nSPS) is 16.6. The summed E-state index contributed by atoms with van der Waals surface area (Å²) in [5, 5.41) is 11.4. The molecule has 0 aliphatic carbocycles. The number of aliphatic hydroxyl groups is 1. The number of ketones is 1. The monoisotopic (exact) mass is 522 g/mol. The number of esters is 1. The van der Waals surface area contributed by atoms with Gasteiger partial charge in [-0.05, 0) is 55.3 Å². The maximum absolute atomic E-state index is 13.3. The highest BCUT2D eigenvalue weighted by atomic mass is 32.1. The molecular formula is C27H26N2O7S. The van der Waals surface area contributed by atoms with Crippen LogP contribution < -0.4 is 14.4 Å². The summed E-state index contributed by atoms with van der Waals surface area (Å²) < 4.78 is 15.7. The number of rotatable bonds is 8. The summed E-state index contributed by atoms with van der Waals surface area (Å²) in [5.74, 6) is -1.44. The number of aliphatic hydroxyl groups excluding tert-OH is 1. The fourth-order valence-corrected chi connectivity index (χ4v) is 5.00. The number of benzene rings is 2. The molecule has 1 amide bonds. The van der Waals surface area contributed by atoms with Crippen LogP contribution >= 0.6 is 11.3 Å². The third-order valence-corrected chi connectivity index (χ3v) is 6.98. The number of amides is 1. The first-order valence-electron chi connectivity index (χ1n) is 11.5. The Kier molecular flexibility index (Phi) is 7.58. The number of Topliss-reactive ketones (excluding diaryl/α,β-unsaturated/α-hetero) is 1. The maximum atomic E-state index is 13.3. The van der Waals surface area contributed by atoms with Crippen molar-refractivity contribution >= 4 is 39.9 Å². The van der Waals surface area contributed by atoms with Gasteiger partial charge in [-0.1, -0.05) is 30.4 Å². The van der Waals surface area contributed by atoms with E-state index in [1.54, 1.807) is 55.5 Å². The van der Waals surface area contributed by atoms with Crippen molar-refractivity contribution in [3.05, 3.63) is 75.8 Å². The number of carbonyl (C=O) groups is 3. The highest BCUT2D eigenvalue weighted by Gasteiger charge is 2.48. The lowest BCUT2D eigenvalue weighted by Gasteiger charge is -2.23. The van der Waals surface area contributed by atoms with Crippen LogP contribution in [0.25, 0.3) is 5.76 Å². The Morgan fingerprint density at radius 1 is 1.05 bits per heavy atom. The molecule has 1 aliphatic rings. The van der Waals surface area contributed by atoms with E-state index < -0.39 is 23.7 Å². The Labute approximate surface area is 217 Å². The Balaban J connectivity index is 1.85. The molecule has 1 aliphatic heterocycles. The highest BCUT2D eigenvalue weighted by molar-refractivity contribution is 7.17. The standard InChI is InChI=1S/C27H26N2O7S/c1-5-14-36-19-12-8-17(9-13-19)22(30)20-21(16-6-10-18(34-3)11-7-16)29(25(32)23(20)31)27-28-15(2)24(37-27)26(33)35-4/h6-13,21,30H,5,14H2,1-4H3/b22-20+/t21-/m1/s1. The second-order valence-corrected chi connectivity index (χ2v) is 9.20. The number of thiazole rings is 1. The molecule has 9 nitrogen and oxygen atoms in total. The van der Waals surface area contributed by atoms with Crippen molar-refractivity contribution < 1.29 is 33.7 Å². The van der Waals surface area contributed by atoms with E-state index in [2.05, 4.69) is 4.98 Å². The average molecular weight is 523 g/mol. The van der Waals surface area contributed by atoms with E-state index in [-0.39, 0.29) is 21.3 Å². The molecular weight excluding hydrogens is 496 g/mol. The third kappa shape index (κ3) is 4.92. The van der Waals surface area contributed by atoms with E-state index >= 15 is 0 Å². The lowest BCUT2D eigenvalue weighted by atomic mass is 9.95. The van der Waals surface area contributed by atoms with Crippen LogP contribution in [0.15, 0.2) is 54.1 Å². The largest absolute Gasteiger partial charge is 0.507 e. The summed E-state index contributed by atoms with van der Waals surface area (Å²) in [6.07, 6.45) is 0.848. The van der Waals surface area contributed by atoms with Crippen LogP contribution in [0.2, 0.25) is 0 Å². The van der Waals surface area contributed by atoms with Gasteiger partial charge < -0.3 is 19.3 Å². The minimum absolute atomic E-state index is 0.0927. The van der Waals surface area contributed by atoms with Gasteiger partial charge in [0.05, 0.1) is 38.1 Å². The van der Waals surface area contributed by atoms with Crippen LogP contribution in [0.1, 0.15) is 45.9 Å². The Morgan fingerprint density at radius 3 is 2.30 bits per heavy atom. The van der Waals surface area contributed by atoms with Crippen molar-refractivity contribution in [2.24, 2.45) is 0 Å². The summed E-state index contributed by atoms with van der Waals surface area (Å²) in [5.41, 5.74) is 1.18. The first-order valence-corrected chi connectivity index (χ1v) is 12.4. The quantitative estimate of drug-likeness (QED) is 0.197. The van der Waals surface area contributed by atoms with Gasteiger partial charge in [-0.15, -0.1) is 0 Å². The van der Waals surface area contributed by atoms with Gasteiger partial charge in [0, 0.05) is 5.56 Å². The molecule has 1 aromatic heterocycles. The fraction of sp³-hybridized carbons (Fsp3) is 0.259. The lowest BCUT2D eigenvalue weighted by molar-refractivity contribution is -0.132. The molecule has 1 saturated heterocycles. The molecule has 0 bridgehead atoms. The van der Waals surface area contributed by atoms with E-state index in [4.69, 9.17) is 14.2 Å². The topological polar surface area (TPSA) is 115 Å². The van der Waals surface area contributed by atoms with Crippen LogP contribution in [0.5, 0.6) is 11.5 Å². The van der Waals surface area contributed by atoms with Gasteiger partial charge in [0.2, 0.25) is 0 Å². The zero-order valence-corrected chi connectivity index (χ0v) is 21.6. The van der Waals surface area contributed by atoms with Crippen LogP contribution in [0, 0.1) is 6.92 Å². The summed E-state index contributed by atoms with van der Waals surface area (Å²) in [4.78, 5) is 44.7. The molecule has 10 heteroatoms. The van der Waals surface area contributed by atoms with Gasteiger partial charge in [-0.2, -0.15) is 0 Å². The van der Waals surface area contributed by atoms with E-state index in [0.717, 1.165) is 17.8 Å². The predicted molar refractivity (Wildman–Crippen MR) is 138 cm³/mol. The lowest BCUT2D eigenvalue weighted by Crippen LogP contribution is -2.29. The molecule has 2 aromatic carbocycles. The molecule has 2 heterocycles. The number of nitrogens with zero attached hydrogens (tertiary/aromatic N) is 2. The molecule has 1 fully saturated rings. The number of hydrogen-bond acceptors (Lipinski definition) is 9. The molecule has 37 heavy (non-hydrogen) atoms. The van der Waals surface area contributed by atoms with Gasteiger partial charge in [-0.3, -0.25) is 14.5 Å². The van der Waals surface area contributed by atoms with Crippen molar-refractivity contribution in [2.75, 3.05) is 25.7 Å². The Hall–Kier alpha value is -4.18. The van der Waals surface area contributed by atoms with Crippen molar-refractivity contribution in [1.82, 2.24) is 4.98 Å². The smallest absolute Gasteiger partial charge is 0.350 e. The average Bonchev–Trinajstić information content (AvgIpc) is 3.43. The van der Waals surface area contributed by atoms with E-state index in [1.165, 1.54) is 19.1 Å². The zero-order chi connectivity index (χ0) is 26.7. The fourth-order valence-electron chi connectivity index (χ4n) is 3.98. The van der Waals surface area contributed by atoms with Crippen LogP contribution in [0.3, 0.4) is 0 Å². The number of hydrogen-bond donors (Lipinski definition) is 1. The van der Waals surface area contributed by atoms with E-state index in [1.807, 2.05) is 6.92 Å². The first kappa shape index (κ1) is 25.9. The first-order chi connectivity index (χ1) is 17.8. The minimum atomic E-state index is -0.988. The Morgan fingerprint density at radius 2 is 1.70 bits per heavy atom. The highest BCUT2D eigenvalue weighted by Crippen LogP contribution is 2.44. The molecule has 1 N–H and O–H groups in total. The van der Waals surface area contributed by atoms with Gasteiger partial charge in [-0.25, -0.2) is 9.78 Å². The molecule has 3 aromatic rings. The van der Waals surface area contributed by atoms with Gasteiger partial charge >= 0.3 is 11.9 Å². The molecule has 0 unspecified atom stereocenters. The van der Waals surface area contributed by atoms with E-state index in [9.17, 15) is 19.5 Å². The van der Waals surface area contributed by atoms with E-state index in [0.29, 0.717) is 34.9 Å². The van der Waals surface area contributed by atoms with Crippen molar-refractivity contribution in [2.45, 2.75) is 26.3 Å². The van der Waals surface area contributed by atoms with Gasteiger partial charge in [0.25, 0.3) is 5.78 Å². The number of carbonyl (C=O) groups excluding carboxylic acids is 3. The minimum Gasteiger partial charge on any atom is -0.507 e. The van der Waals surface area contributed by atoms with Gasteiger partial charge in [0.1, 0.15) is 22.1 Å². The number of aromatic nitrogens is 1. The second-order valence-electron chi connectivity index (χ2n) is 8.22. The molecule has 4 rings (SSSR count). The number of anilines is 1. The predicted octanol–water partition coefficient (Wildman–Crippen LogP) is 4.66.